The van der Waals surface area contributed by atoms with E-state index in [1.807, 2.05) is 0 Å². The zero-order chi connectivity index (χ0) is 13.9. The lowest BCUT2D eigenvalue weighted by atomic mass is 9.93. The second kappa shape index (κ2) is 4.82. The Morgan fingerprint density at radius 2 is 2.17 bits per heavy atom. The average molecular weight is 254 g/mol. The maximum absolute atomic E-state index is 11.1. The largest absolute Gasteiger partial charge is 0.378 e. The first kappa shape index (κ1) is 13.6. The molecule has 1 amide bonds. The van der Waals surface area contributed by atoms with Crippen molar-refractivity contribution >= 4 is 23.2 Å². The molecule has 0 bridgehead atoms. The van der Waals surface area contributed by atoms with Gasteiger partial charge in [-0.25, -0.2) is 9.97 Å². The van der Waals surface area contributed by atoms with Crippen LogP contribution in [0.1, 0.15) is 13.8 Å². The second-order valence-electron chi connectivity index (χ2n) is 4.31. The smallest absolute Gasteiger partial charge is 0.352 e. The molecule has 9 nitrogen and oxygen atoms in total. The van der Waals surface area contributed by atoms with Crippen LogP contribution in [0.4, 0.5) is 17.3 Å². The van der Waals surface area contributed by atoms with E-state index in [4.69, 9.17) is 11.5 Å². The quantitative estimate of drug-likeness (QED) is 0.489. The molecule has 1 aromatic heterocycles. The lowest BCUT2D eigenvalue weighted by molar-refractivity contribution is -0.383. The van der Waals surface area contributed by atoms with Crippen molar-refractivity contribution in [3.63, 3.8) is 0 Å². The molecule has 0 aliphatic rings. The lowest BCUT2D eigenvalue weighted by Crippen LogP contribution is -2.37. The number of rotatable bonds is 5. The van der Waals surface area contributed by atoms with Crippen LogP contribution in [0.15, 0.2) is 6.33 Å². The predicted octanol–water partition coefficient (Wildman–Crippen LogP) is -0.110. The van der Waals surface area contributed by atoms with E-state index in [0.29, 0.717) is 0 Å². The topological polar surface area (TPSA) is 150 Å². The van der Waals surface area contributed by atoms with Crippen LogP contribution in [-0.4, -0.2) is 27.3 Å². The van der Waals surface area contributed by atoms with Crippen LogP contribution < -0.4 is 16.8 Å². The fourth-order valence-corrected chi connectivity index (χ4v) is 1.09. The predicted molar refractivity (Wildman–Crippen MR) is 64.6 cm³/mol. The highest BCUT2D eigenvalue weighted by Crippen LogP contribution is 2.27. The van der Waals surface area contributed by atoms with Gasteiger partial charge in [0.1, 0.15) is 6.33 Å². The van der Waals surface area contributed by atoms with E-state index in [1.165, 1.54) is 0 Å². The number of nitrogen functional groups attached to an aromatic ring is 1. The third-order valence-corrected chi connectivity index (χ3v) is 2.40. The van der Waals surface area contributed by atoms with Crippen LogP contribution in [0.5, 0.6) is 0 Å². The Morgan fingerprint density at radius 1 is 1.56 bits per heavy atom. The Labute approximate surface area is 103 Å². The van der Waals surface area contributed by atoms with E-state index in [0.717, 1.165) is 6.33 Å². The molecule has 1 aromatic rings. The van der Waals surface area contributed by atoms with Crippen molar-refractivity contribution in [3.8, 4) is 0 Å². The van der Waals surface area contributed by atoms with Crippen LogP contribution in [0, 0.1) is 15.5 Å². The molecule has 0 aliphatic carbocycles. The fourth-order valence-electron chi connectivity index (χ4n) is 1.09. The van der Waals surface area contributed by atoms with Gasteiger partial charge >= 0.3 is 5.69 Å². The van der Waals surface area contributed by atoms with Gasteiger partial charge in [-0.3, -0.25) is 14.9 Å². The highest BCUT2D eigenvalue weighted by molar-refractivity contribution is 5.80. The molecule has 0 fully saturated rings. The number of carbonyl (C=O) groups excluding carboxylic acids is 1. The number of primary amides is 1. The monoisotopic (exact) mass is 254 g/mol. The van der Waals surface area contributed by atoms with Crippen LogP contribution in [0.2, 0.25) is 0 Å². The van der Waals surface area contributed by atoms with Gasteiger partial charge in [-0.1, -0.05) is 0 Å². The Morgan fingerprint density at radius 3 is 2.67 bits per heavy atom. The molecule has 98 valence electrons. The molecule has 0 spiro atoms. The Balaban J connectivity index is 2.96. The fraction of sp³-hybridized carbons (Fsp3) is 0.444. The molecular formula is C9H14N6O3. The number of anilines is 2. The number of hydrogen-bond acceptors (Lipinski definition) is 7. The van der Waals surface area contributed by atoms with Crippen molar-refractivity contribution in [3.05, 3.63) is 16.4 Å². The first-order valence-electron chi connectivity index (χ1n) is 5.04. The van der Waals surface area contributed by atoms with Crippen LogP contribution in [0.25, 0.3) is 0 Å². The molecule has 1 rings (SSSR count). The zero-order valence-electron chi connectivity index (χ0n) is 10.0. The van der Waals surface area contributed by atoms with Gasteiger partial charge in [-0.05, 0) is 13.8 Å². The summed E-state index contributed by atoms with van der Waals surface area (Å²) in [6.45, 7) is 3.32. The Hall–Kier alpha value is -2.45. The summed E-state index contributed by atoms with van der Waals surface area (Å²) < 4.78 is 0. The minimum absolute atomic E-state index is 0.0400. The highest BCUT2D eigenvalue weighted by Gasteiger charge is 2.27. The normalized spacial score (nSPS) is 11.0. The number of nitrogens with one attached hydrogen (secondary N) is 1. The summed E-state index contributed by atoms with van der Waals surface area (Å²) in [4.78, 5) is 28.5. The van der Waals surface area contributed by atoms with E-state index < -0.39 is 21.9 Å². The van der Waals surface area contributed by atoms with Gasteiger partial charge in [0, 0.05) is 6.54 Å². The van der Waals surface area contributed by atoms with Crippen molar-refractivity contribution in [2.24, 2.45) is 11.1 Å². The molecule has 1 heterocycles. The number of nitrogens with two attached hydrogens (primary N) is 2. The minimum atomic E-state index is -0.867. The standard InChI is InChI=1S/C9H14N6O3/c1-9(2,8(11)16)3-12-7-5(15(17)18)6(10)13-4-14-7/h4H,3H2,1-2H3,(H2,11,16)(H3,10,12,13,14). The Kier molecular flexibility index (Phi) is 3.64. The maximum atomic E-state index is 11.1. The second-order valence-corrected chi connectivity index (χ2v) is 4.31. The van der Waals surface area contributed by atoms with Gasteiger partial charge in [0.2, 0.25) is 17.5 Å². The molecule has 9 heteroatoms. The maximum Gasteiger partial charge on any atom is 0.352 e. The minimum Gasteiger partial charge on any atom is -0.378 e. The van der Waals surface area contributed by atoms with Crippen LogP contribution in [0.3, 0.4) is 0 Å². The van der Waals surface area contributed by atoms with Gasteiger partial charge in [-0.15, -0.1) is 0 Å². The average Bonchev–Trinajstić information content (AvgIpc) is 2.25. The molecule has 0 atom stereocenters. The summed E-state index contributed by atoms with van der Waals surface area (Å²) in [6, 6.07) is 0. The Bertz CT molecular complexity index is 487. The van der Waals surface area contributed by atoms with Gasteiger partial charge in [0.15, 0.2) is 0 Å². The summed E-state index contributed by atoms with van der Waals surface area (Å²) in [5.41, 5.74) is 9.30. The number of hydrogen-bond donors (Lipinski definition) is 3. The third-order valence-electron chi connectivity index (χ3n) is 2.40. The molecular weight excluding hydrogens is 240 g/mol. The van der Waals surface area contributed by atoms with E-state index in [1.54, 1.807) is 13.8 Å². The van der Waals surface area contributed by atoms with E-state index in [2.05, 4.69) is 15.3 Å². The summed E-state index contributed by atoms with van der Waals surface area (Å²) in [5, 5.41) is 13.5. The van der Waals surface area contributed by atoms with Crippen molar-refractivity contribution in [1.82, 2.24) is 9.97 Å². The summed E-state index contributed by atoms with van der Waals surface area (Å²) in [5.74, 6) is -0.809. The van der Waals surface area contributed by atoms with E-state index in [-0.39, 0.29) is 18.2 Å². The first-order chi connectivity index (χ1) is 8.25. The molecule has 0 saturated heterocycles. The zero-order valence-corrected chi connectivity index (χ0v) is 10.0. The number of nitro groups is 1. The van der Waals surface area contributed by atoms with Gasteiger partial charge in [-0.2, -0.15) is 0 Å². The number of nitrogens with zero attached hydrogens (tertiary/aromatic N) is 3. The molecule has 0 aromatic carbocycles. The molecule has 0 unspecified atom stereocenters. The number of carbonyl (C=O) groups is 1. The molecule has 18 heavy (non-hydrogen) atoms. The summed E-state index contributed by atoms with van der Waals surface area (Å²) >= 11 is 0. The van der Waals surface area contributed by atoms with Crippen molar-refractivity contribution < 1.29 is 9.72 Å². The van der Waals surface area contributed by atoms with Gasteiger partial charge in [0.05, 0.1) is 10.3 Å². The van der Waals surface area contributed by atoms with Crippen molar-refractivity contribution in [2.45, 2.75) is 13.8 Å². The number of aromatic nitrogens is 2. The van der Waals surface area contributed by atoms with E-state index in [9.17, 15) is 14.9 Å². The molecule has 0 aliphatic heterocycles. The van der Waals surface area contributed by atoms with Crippen molar-refractivity contribution in [1.29, 1.82) is 0 Å². The lowest BCUT2D eigenvalue weighted by Gasteiger charge is -2.20. The highest BCUT2D eigenvalue weighted by atomic mass is 16.6. The molecule has 5 N–H and O–H groups in total. The molecule has 0 saturated carbocycles. The van der Waals surface area contributed by atoms with Crippen molar-refractivity contribution in [2.75, 3.05) is 17.6 Å². The summed E-state index contributed by atoms with van der Waals surface area (Å²) in [6.07, 6.45) is 1.10. The van der Waals surface area contributed by atoms with Gasteiger partial charge < -0.3 is 16.8 Å². The number of amides is 1. The third kappa shape index (κ3) is 2.81. The summed E-state index contributed by atoms with van der Waals surface area (Å²) in [7, 11) is 0. The SMILES string of the molecule is CC(C)(CNc1ncnc(N)c1[N+](=O)[O-])C(N)=O. The first-order valence-corrected chi connectivity index (χ1v) is 5.04. The molecule has 0 radical (unpaired) electrons. The van der Waals surface area contributed by atoms with Crippen LogP contribution >= 0.6 is 0 Å². The van der Waals surface area contributed by atoms with E-state index >= 15 is 0 Å². The van der Waals surface area contributed by atoms with Crippen LogP contribution in [-0.2, 0) is 4.79 Å². The van der Waals surface area contributed by atoms with Gasteiger partial charge in [0.25, 0.3) is 0 Å².